The number of unbranched alkanes of at least 4 members (excludes halogenated alkanes) is 27. The molecule has 68 heavy (non-hydrogen) atoms. The van der Waals surface area contributed by atoms with Crippen molar-refractivity contribution in [2.75, 3.05) is 13.2 Å². The van der Waals surface area contributed by atoms with Crippen LogP contribution in [0.2, 0.25) is 0 Å². The molecule has 9 nitrogen and oxygen atoms in total. The molecule has 9 heteroatoms. The van der Waals surface area contributed by atoms with Crippen LogP contribution < -0.4 is 5.32 Å². The maximum Gasteiger partial charge on any atom is 0.220 e. The minimum atomic E-state index is -1.58. The maximum absolute atomic E-state index is 13.0. The molecule has 1 amide bonds. The van der Waals surface area contributed by atoms with Gasteiger partial charge in [0.1, 0.15) is 24.4 Å². The fraction of sp³-hybridized carbons (Fsp3) is 0.780. The van der Waals surface area contributed by atoms with Crippen LogP contribution in [0.25, 0.3) is 0 Å². The summed E-state index contributed by atoms with van der Waals surface area (Å²) in [6, 6.07) is -0.840. The van der Waals surface area contributed by atoms with Crippen molar-refractivity contribution >= 4 is 5.91 Å². The van der Waals surface area contributed by atoms with E-state index in [9.17, 15) is 30.3 Å². The molecule has 1 rings (SSSR count). The average molecular weight is 956 g/mol. The van der Waals surface area contributed by atoms with Gasteiger partial charge in [-0.1, -0.05) is 222 Å². The largest absolute Gasteiger partial charge is 0.394 e. The lowest BCUT2D eigenvalue weighted by molar-refractivity contribution is -0.302. The highest BCUT2D eigenvalue weighted by Gasteiger charge is 2.44. The van der Waals surface area contributed by atoms with E-state index in [2.05, 4.69) is 79.9 Å². The normalized spacial score (nSPS) is 20.1. The van der Waals surface area contributed by atoms with Gasteiger partial charge in [-0.2, -0.15) is 0 Å². The second-order valence-electron chi connectivity index (χ2n) is 19.4. The molecule has 0 spiro atoms. The van der Waals surface area contributed by atoms with Gasteiger partial charge in [0.15, 0.2) is 6.29 Å². The lowest BCUT2D eigenvalue weighted by Gasteiger charge is -2.40. The second-order valence-corrected chi connectivity index (χ2v) is 19.4. The summed E-state index contributed by atoms with van der Waals surface area (Å²) in [6.45, 7) is 3.75. The van der Waals surface area contributed by atoms with Gasteiger partial charge in [-0.3, -0.25) is 4.79 Å². The molecule has 0 bridgehead atoms. The minimum absolute atomic E-state index is 0.204. The van der Waals surface area contributed by atoms with Crippen molar-refractivity contribution in [1.29, 1.82) is 0 Å². The molecule has 1 aliphatic rings. The van der Waals surface area contributed by atoms with E-state index in [4.69, 9.17) is 9.47 Å². The topological polar surface area (TPSA) is 149 Å². The lowest BCUT2D eigenvalue weighted by Crippen LogP contribution is -2.60. The Labute approximate surface area is 417 Å². The van der Waals surface area contributed by atoms with E-state index < -0.39 is 49.5 Å². The van der Waals surface area contributed by atoms with Crippen molar-refractivity contribution < 1.29 is 39.8 Å². The van der Waals surface area contributed by atoms with E-state index in [1.165, 1.54) is 135 Å². The van der Waals surface area contributed by atoms with Gasteiger partial charge in [0, 0.05) is 6.42 Å². The molecule has 0 aromatic carbocycles. The van der Waals surface area contributed by atoms with Gasteiger partial charge in [0.05, 0.1) is 25.4 Å². The third-order valence-corrected chi connectivity index (χ3v) is 13.0. The van der Waals surface area contributed by atoms with Crippen molar-refractivity contribution in [3.8, 4) is 0 Å². The van der Waals surface area contributed by atoms with Crippen LogP contribution in [0.1, 0.15) is 239 Å². The van der Waals surface area contributed by atoms with Gasteiger partial charge in [-0.15, -0.1) is 0 Å². The number of aliphatic hydroxyl groups excluding tert-OH is 5. The van der Waals surface area contributed by atoms with Crippen LogP contribution >= 0.6 is 0 Å². The zero-order chi connectivity index (χ0) is 49.4. The van der Waals surface area contributed by atoms with Crippen LogP contribution in [0, 0.1) is 0 Å². The van der Waals surface area contributed by atoms with E-state index in [0.717, 1.165) is 83.5 Å². The third-order valence-electron chi connectivity index (χ3n) is 13.0. The number of ether oxygens (including phenoxy) is 2. The van der Waals surface area contributed by atoms with Gasteiger partial charge in [0.25, 0.3) is 0 Å². The van der Waals surface area contributed by atoms with E-state index in [1.54, 1.807) is 6.08 Å². The number of nitrogens with one attached hydrogen (secondary N) is 1. The number of hydrogen-bond donors (Lipinski definition) is 6. The van der Waals surface area contributed by atoms with Crippen LogP contribution in [0.5, 0.6) is 0 Å². The molecule has 0 aromatic rings. The fourth-order valence-electron chi connectivity index (χ4n) is 8.49. The Kier molecular flexibility index (Phi) is 45.2. The number of rotatable bonds is 47. The number of amides is 1. The Hall–Kier alpha value is -2.37. The number of aliphatic hydroxyl groups is 5. The molecule has 7 atom stereocenters. The van der Waals surface area contributed by atoms with Gasteiger partial charge >= 0.3 is 0 Å². The van der Waals surface area contributed by atoms with Crippen molar-refractivity contribution in [2.45, 2.75) is 281 Å². The molecule has 1 heterocycles. The summed E-state index contributed by atoms with van der Waals surface area (Å²) in [5.74, 6) is -0.204. The van der Waals surface area contributed by atoms with Crippen LogP contribution in [0.3, 0.4) is 0 Å². The quantitative estimate of drug-likeness (QED) is 0.0261. The van der Waals surface area contributed by atoms with Crippen molar-refractivity contribution in [3.05, 3.63) is 72.9 Å². The summed E-state index contributed by atoms with van der Waals surface area (Å²) < 4.78 is 11.2. The Bertz CT molecular complexity index is 1290. The van der Waals surface area contributed by atoms with Gasteiger partial charge < -0.3 is 40.3 Å². The second kappa shape index (κ2) is 48.3. The van der Waals surface area contributed by atoms with Gasteiger partial charge in [-0.05, 0) is 83.5 Å². The molecule has 394 valence electrons. The molecule has 1 fully saturated rings. The summed E-state index contributed by atoms with van der Waals surface area (Å²) >= 11 is 0. The number of carbonyl (C=O) groups excluding carboxylic acids is 1. The summed E-state index contributed by atoms with van der Waals surface area (Å²) in [7, 11) is 0. The monoisotopic (exact) mass is 956 g/mol. The SMILES string of the molecule is CCCCCCC/C=C\C/C=C\C/C=C\CCCCCCCCC(=O)NC(COC1OC(CO)C(O)C(O)C1O)C(O)/C=C/CC/C=C/CC/C=C/CCCCCCCCCCCCCCCC. The van der Waals surface area contributed by atoms with Gasteiger partial charge in [0.2, 0.25) is 5.91 Å². The highest BCUT2D eigenvalue weighted by atomic mass is 16.7. The number of carbonyl (C=O) groups is 1. The summed E-state index contributed by atoms with van der Waals surface area (Å²) in [5.41, 5.74) is 0. The van der Waals surface area contributed by atoms with Crippen LogP contribution in [0.4, 0.5) is 0 Å². The van der Waals surface area contributed by atoms with Crippen LogP contribution in [-0.4, -0.2) is 87.5 Å². The average Bonchev–Trinajstić information content (AvgIpc) is 3.34. The number of allylic oxidation sites excluding steroid dienone is 11. The predicted octanol–water partition coefficient (Wildman–Crippen LogP) is 13.7. The summed E-state index contributed by atoms with van der Waals surface area (Å²) in [6.07, 6.45) is 59.6. The summed E-state index contributed by atoms with van der Waals surface area (Å²) in [4.78, 5) is 13.0. The highest BCUT2D eigenvalue weighted by Crippen LogP contribution is 2.23. The Balaban J connectivity index is 2.31. The minimum Gasteiger partial charge on any atom is -0.394 e. The van der Waals surface area contributed by atoms with Crippen molar-refractivity contribution in [2.24, 2.45) is 0 Å². The van der Waals surface area contributed by atoms with E-state index >= 15 is 0 Å². The van der Waals surface area contributed by atoms with Crippen molar-refractivity contribution in [3.63, 3.8) is 0 Å². The van der Waals surface area contributed by atoms with E-state index in [0.29, 0.717) is 6.42 Å². The zero-order valence-corrected chi connectivity index (χ0v) is 43.6. The Morgan fingerprint density at radius 2 is 0.882 bits per heavy atom. The molecule has 0 aliphatic carbocycles. The predicted molar refractivity (Wildman–Crippen MR) is 285 cm³/mol. The Morgan fingerprint density at radius 1 is 0.500 bits per heavy atom. The molecular weight excluding hydrogens is 851 g/mol. The van der Waals surface area contributed by atoms with E-state index in [1.807, 2.05) is 6.08 Å². The first kappa shape index (κ1) is 63.6. The third kappa shape index (κ3) is 37.5. The lowest BCUT2D eigenvalue weighted by atomic mass is 9.99. The standard InChI is InChI=1S/C59H105NO8/c1-3-5-7-9-11-13-15-17-19-21-23-25-26-27-29-30-32-34-36-38-40-42-44-46-48-53(62)52(51-67-59-58(66)57(65)56(64)54(50-61)68-59)60-55(63)49-47-45-43-41-39-37-35-33-31-28-24-22-20-18-16-14-12-10-8-6-4-2/h16,18,22,24,30-33,38,40,46,48,52-54,56-59,61-62,64-66H,3-15,17,19-21,23,25-29,34-37,39,41-45,47,49-51H2,1-2H3,(H,60,63)/b18-16-,24-22-,32-30+,33-31-,40-38+,48-46+. The Morgan fingerprint density at radius 3 is 1.34 bits per heavy atom. The maximum atomic E-state index is 13.0. The van der Waals surface area contributed by atoms with Gasteiger partial charge in [-0.25, -0.2) is 0 Å². The van der Waals surface area contributed by atoms with E-state index in [-0.39, 0.29) is 12.5 Å². The van der Waals surface area contributed by atoms with Crippen LogP contribution in [-0.2, 0) is 14.3 Å². The van der Waals surface area contributed by atoms with Crippen LogP contribution in [0.15, 0.2) is 72.9 Å². The van der Waals surface area contributed by atoms with Crippen molar-refractivity contribution in [1.82, 2.24) is 5.32 Å². The zero-order valence-electron chi connectivity index (χ0n) is 43.6. The first-order valence-electron chi connectivity index (χ1n) is 28.2. The smallest absolute Gasteiger partial charge is 0.220 e. The molecule has 1 aliphatic heterocycles. The highest BCUT2D eigenvalue weighted by molar-refractivity contribution is 5.76. The number of hydrogen-bond acceptors (Lipinski definition) is 8. The molecule has 0 radical (unpaired) electrons. The molecule has 6 N–H and O–H groups in total. The molecule has 1 saturated heterocycles. The molecule has 0 saturated carbocycles. The molecule has 7 unspecified atom stereocenters. The first-order chi connectivity index (χ1) is 33.3. The summed E-state index contributed by atoms with van der Waals surface area (Å²) in [5, 5.41) is 54.4. The fourth-order valence-corrected chi connectivity index (χ4v) is 8.49. The first-order valence-corrected chi connectivity index (χ1v) is 28.2. The molecule has 0 aromatic heterocycles. The molecular formula is C59H105NO8.